The molecule has 0 bridgehead atoms. The standard InChI is InChI=1S/C23H28N2O4/c1-5-12-25-19-11-8-17(14-20(19)29-15-23(2,3)22(25)27)24-21(26)13-16-6-9-18(28-4)10-7-16/h6-11,14H,5,12-13,15H2,1-4H3,(H,24,26). The van der Waals surface area contributed by atoms with Crippen molar-refractivity contribution in [1.82, 2.24) is 0 Å². The van der Waals surface area contributed by atoms with Gasteiger partial charge >= 0.3 is 0 Å². The van der Waals surface area contributed by atoms with Gasteiger partial charge in [0, 0.05) is 18.3 Å². The quantitative estimate of drug-likeness (QED) is 0.800. The molecular weight excluding hydrogens is 368 g/mol. The number of anilines is 2. The predicted molar refractivity (Wildman–Crippen MR) is 114 cm³/mol. The van der Waals surface area contributed by atoms with Gasteiger partial charge in [0.15, 0.2) is 0 Å². The Morgan fingerprint density at radius 1 is 1.21 bits per heavy atom. The largest absolute Gasteiger partial charge is 0.497 e. The van der Waals surface area contributed by atoms with E-state index in [9.17, 15) is 9.59 Å². The van der Waals surface area contributed by atoms with Crippen LogP contribution in [0, 0.1) is 5.41 Å². The van der Waals surface area contributed by atoms with Crippen LogP contribution in [-0.2, 0) is 16.0 Å². The molecule has 0 radical (unpaired) electrons. The fourth-order valence-corrected chi connectivity index (χ4v) is 3.30. The number of rotatable bonds is 6. The minimum Gasteiger partial charge on any atom is -0.497 e. The van der Waals surface area contributed by atoms with E-state index in [1.165, 1.54) is 0 Å². The molecule has 0 aliphatic carbocycles. The first kappa shape index (κ1) is 20.7. The third-order valence-electron chi connectivity index (χ3n) is 4.92. The topological polar surface area (TPSA) is 67.9 Å². The average Bonchev–Trinajstić information content (AvgIpc) is 2.79. The Balaban J connectivity index is 1.76. The van der Waals surface area contributed by atoms with Crippen molar-refractivity contribution < 1.29 is 19.1 Å². The van der Waals surface area contributed by atoms with Crippen LogP contribution in [-0.4, -0.2) is 32.1 Å². The summed E-state index contributed by atoms with van der Waals surface area (Å²) >= 11 is 0. The van der Waals surface area contributed by atoms with Gasteiger partial charge < -0.3 is 19.7 Å². The Bertz CT molecular complexity index is 890. The van der Waals surface area contributed by atoms with Gasteiger partial charge in [0.05, 0.1) is 24.6 Å². The Hall–Kier alpha value is -3.02. The second kappa shape index (κ2) is 8.55. The van der Waals surface area contributed by atoms with Gasteiger partial charge in [-0.05, 0) is 50.1 Å². The van der Waals surface area contributed by atoms with Crippen molar-refractivity contribution in [3.63, 3.8) is 0 Å². The molecule has 29 heavy (non-hydrogen) atoms. The lowest BCUT2D eigenvalue weighted by Crippen LogP contribution is -2.42. The van der Waals surface area contributed by atoms with Crippen molar-refractivity contribution in [1.29, 1.82) is 0 Å². The number of ether oxygens (including phenoxy) is 2. The van der Waals surface area contributed by atoms with Crippen molar-refractivity contribution in [2.24, 2.45) is 5.41 Å². The zero-order valence-electron chi connectivity index (χ0n) is 17.5. The van der Waals surface area contributed by atoms with Gasteiger partial charge in [-0.15, -0.1) is 0 Å². The number of nitrogens with zero attached hydrogens (tertiary/aromatic N) is 1. The Kier molecular flexibility index (Phi) is 6.11. The molecule has 1 N–H and O–H groups in total. The first-order valence-electron chi connectivity index (χ1n) is 9.85. The van der Waals surface area contributed by atoms with Crippen molar-refractivity contribution in [3.05, 3.63) is 48.0 Å². The molecule has 0 saturated carbocycles. The smallest absolute Gasteiger partial charge is 0.236 e. The summed E-state index contributed by atoms with van der Waals surface area (Å²) in [6.45, 7) is 6.74. The number of methoxy groups -OCH3 is 1. The summed E-state index contributed by atoms with van der Waals surface area (Å²) in [5.74, 6) is 1.30. The summed E-state index contributed by atoms with van der Waals surface area (Å²) in [7, 11) is 1.61. The molecular formula is C23H28N2O4. The fourth-order valence-electron chi connectivity index (χ4n) is 3.30. The number of benzene rings is 2. The van der Waals surface area contributed by atoms with Gasteiger partial charge in [-0.2, -0.15) is 0 Å². The van der Waals surface area contributed by atoms with E-state index in [2.05, 4.69) is 5.32 Å². The summed E-state index contributed by atoms with van der Waals surface area (Å²) in [4.78, 5) is 27.1. The lowest BCUT2D eigenvalue weighted by atomic mass is 9.93. The van der Waals surface area contributed by atoms with Crippen LogP contribution in [0.3, 0.4) is 0 Å². The molecule has 0 unspecified atom stereocenters. The molecule has 2 amide bonds. The highest BCUT2D eigenvalue weighted by Gasteiger charge is 2.37. The van der Waals surface area contributed by atoms with Crippen LogP contribution in [0.15, 0.2) is 42.5 Å². The molecule has 1 aliphatic rings. The maximum Gasteiger partial charge on any atom is 0.236 e. The number of amides is 2. The fraction of sp³-hybridized carbons (Fsp3) is 0.391. The Labute approximate surface area is 171 Å². The highest BCUT2D eigenvalue weighted by Crippen LogP contribution is 2.38. The molecule has 6 heteroatoms. The summed E-state index contributed by atoms with van der Waals surface area (Å²) in [6.07, 6.45) is 1.11. The van der Waals surface area contributed by atoms with E-state index in [4.69, 9.17) is 9.47 Å². The van der Waals surface area contributed by atoms with Gasteiger partial charge in [0.2, 0.25) is 11.8 Å². The lowest BCUT2D eigenvalue weighted by molar-refractivity contribution is -0.127. The molecule has 2 aromatic rings. The second-order valence-electron chi connectivity index (χ2n) is 7.88. The monoisotopic (exact) mass is 396 g/mol. The minimum absolute atomic E-state index is 0.0504. The average molecular weight is 396 g/mol. The number of carbonyl (C=O) groups is 2. The zero-order valence-corrected chi connectivity index (χ0v) is 17.5. The molecule has 6 nitrogen and oxygen atoms in total. The molecule has 2 aromatic carbocycles. The maximum atomic E-state index is 12.9. The van der Waals surface area contributed by atoms with E-state index in [0.717, 1.165) is 23.4 Å². The molecule has 3 rings (SSSR count). The highest BCUT2D eigenvalue weighted by atomic mass is 16.5. The van der Waals surface area contributed by atoms with Gasteiger partial charge in [-0.25, -0.2) is 0 Å². The van der Waals surface area contributed by atoms with Crippen molar-refractivity contribution in [2.45, 2.75) is 33.6 Å². The van der Waals surface area contributed by atoms with Crippen LogP contribution in [0.2, 0.25) is 0 Å². The van der Waals surface area contributed by atoms with Crippen LogP contribution >= 0.6 is 0 Å². The molecule has 0 fully saturated rings. The third kappa shape index (κ3) is 4.70. The van der Waals surface area contributed by atoms with Gasteiger partial charge in [0.25, 0.3) is 0 Å². The minimum atomic E-state index is -0.605. The van der Waals surface area contributed by atoms with Crippen molar-refractivity contribution in [3.8, 4) is 11.5 Å². The number of hydrogen-bond donors (Lipinski definition) is 1. The van der Waals surface area contributed by atoms with Gasteiger partial charge in [-0.1, -0.05) is 19.1 Å². The molecule has 0 saturated heterocycles. The van der Waals surface area contributed by atoms with Crippen molar-refractivity contribution >= 4 is 23.2 Å². The molecule has 1 aliphatic heterocycles. The van der Waals surface area contributed by atoms with Crippen LogP contribution in [0.25, 0.3) is 0 Å². The number of carbonyl (C=O) groups excluding carboxylic acids is 2. The number of hydrogen-bond acceptors (Lipinski definition) is 4. The Morgan fingerprint density at radius 3 is 2.59 bits per heavy atom. The van der Waals surface area contributed by atoms with E-state index in [0.29, 0.717) is 24.6 Å². The van der Waals surface area contributed by atoms with E-state index in [1.807, 2.05) is 57.2 Å². The first-order valence-corrected chi connectivity index (χ1v) is 9.85. The molecule has 0 aromatic heterocycles. The first-order chi connectivity index (χ1) is 13.8. The van der Waals surface area contributed by atoms with Crippen LogP contribution < -0.4 is 19.7 Å². The summed E-state index contributed by atoms with van der Waals surface area (Å²) in [5, 5.41) is 2.91. The molecule has 0 spiro atoms. The number of fused-ring (bicyclic) bond motifs is 1. The van der Waals surface area contributed by atoms with E-state index < -0.39 is 5.41 Å². The maximum absolute atomic E-state index is 12.9. The van der Waals surface area contributed by atoms with Crippen LogP contribution in [0.5, 0.6) is 11.5 Å². The van der Waals surface area contributed by atoms with E-state index in [-0.39, 0.29) is 18.2 Å². The SMILES string of the molecule is CCCN1C(=O)C(C)(C)COc2cc(NC(=O)Cc3ccc(OC)cc3)ccc21. The molecule has 154 valence electrons. The van der Waals surface area contributed by atoms with Crippen LogP contribution in [0.4, 0.5) is 11.4 Å². The van der Waals surface area contributed by atoms with Crippen molar-refractivity contribution in [2.75, 3.05) is 30.5 Å². The van der Waals surface area contributed by atoms with Gasteiger partial charge in [0.1, 0.15) is 18.1 Å². The highest BCUT2D eigenvalue weighted by molar-refractivity contribution is 6.00. The number of nitrogens with one attached hydrogen (secondary N) is 1. The Morgan fingerprint density at radius 2 is 1.93 bits per heavy atom. The normalized spacial score (nSPS) is 15.2. The summed E-state index contributed by atoms with van der Waals surface area (Å²) < 4.78 is 11.1. The third-order valence-corrected chi connectivity index (χ3v) is 4.92. The molecule has 1 heterocycles. The zero-order chi connectivity index (χ0) is 21.0. The summed E-state index contributed by atoms with van der Waals surface area (Å²) in [5.41, 5.74) is 1.68. The van der Waals surface area contributed by atoms with Crippen LogP contribution in [0.1, 0.15) is 32.8 Å². The summed E-state index contributed by atoms with van der Waals surface area (Å²) in [6, 6.07) is 12.8. The molecule has 0 atom stereocenters. The lowest BCUT2D eigenvalue weighted by Gasteiger charge is -2.27. The van der Waals surface area contributed by atoms with E-state index >= 15 is 0 Å². The van der Waals surface area contributed by atoms with E-state index in [1.54, 1.807) is 18.1 Å². The second-order valence-corrected chi connectivity index (χ2v) is 7.88. The van der Waals surface area contributed by atoms with Gasteiger partial charge in [-0.3, -0.25) is 9.59 Å². The predicted octanol–water partition coefficient (Wildman–Crippen LogP) is 4.04.